The zero-order valence-electron chi connectivity index (χ0n) is 12.2. The van der Waals surface area contributed by atoms with Gasteiger partial charge in [-0.2, -0.15) is 0 Å². The summed E-state index contributed by atoms with van der Waals surface area (Å²) in [6.07, 6.45) is 3.37. The van der Waals surface area contributed by atoms with Crippen molar-refractivity contribution >= 4 is 17.6 Å². The van der Waals surface area contributed by atoms with Gasteiger partial charge in [-0.05, 0) is 18.6 Å². The molecule has 8 heteroatoms. The first-order valence-electron chi connectivity index (χ1n) is 6.72. The molecule has 2 aromatic heterocycles. The molecule has 2 aromatic rings. The summed E-state index contributed by atoms with van der Waals surface area (Å²) in [5.41, 5.74) is 0. The van der Waals surface area contributed by atoms with E-state index in [4.69, 9.17) is 9.15 Å². The third kappa shape index (κ3) is 4.45. The Hall–Kier alpha value is -2.61. The molecular weight excluding hydrogens is 290 g/mol. The second-order valence-electron chi connectivity index (χ2n) is 4.48. The van der Waals surface area contributed by atoms with Gasteiger partial charge in [0, 0.05) is 26.3 Å². The van der Waals surface area contributed by atoms with Gasteiger partial charge in [-0.25, -0.2) is 0 Å². The summed E-state index contributed by atoms with van der Waals surface area (Å²) in [6.45, 7) is 0.753. The van der Waals surface area contributed by atoms with Crippen LogP contribution in [0.5, 0.6) is 0 Å². The summed E-state index contributed by atoms with van der Waals surface area (Å²) in [4.78, 5) is 25.7. The van der Waals surface area contributed by atoms with Crippen molar-refractivity contribution in [3.8, 4) is 0 Å². The van der Waals surface area contributed by atoms with Crippen LogP contribution in [0.15, 0.2) is 39.7 Å². The maximum absolute atomic E-state index is 12.3. The minimum absolute atomic E-state index is 0.115. The van der Waals surface area contributed by atoms with Crippen LogP contribution in [0.2, 0.25) is 0 Å². The van der Waals surface area contributed by atoms with E-state index in [2.05, 4.69) is 15.0 Å². The van der Waals surface area contributed by atoms with Crippen LogP contribution in [0.1, 0.15) is 17.0 Å². The number of carbonyl (C=O) groups excluding carboxylic acids is 2. The van der Waals surface area contributed by atoms with Crippen molar-refractivity contribution in [3.05, 3.63) is 36.5 Å². The summed E-state index contributed by atoms with van der Waals surface area (Å²) in [7, 11) is 1.58. The lowest BCUT2D eigenvalue weighted by molar-refractivity contribution is -0.117. The van der Waals surface area contributed by atoms with E-state index in [0.29, 0.717) is 25.4 Å². The van der Waals surface area contributed by atoms with Crippen LogP contribution in [-0.2, 0) is 9.53 Å². The largest absolute Gasteiger partial charge is 0.459 e. The average Bonchev–Trinajstić information content (AvgIpc) is 3.18. The van der Waals surface area contributed by atoms with Crippen molar-refractivity contribution in [1.82, 2.24) is 10.1 Å². The monoisotopic (exact) mass is 307 g/mol. The fourth-order valence-corrected chi connectivity index (χ4v) is 1.84. The zero-order valence-corrected chi connectivity index (χ0v) is 12.2. The van der Waals surface area contributed by atoms with Crippen molar-refractivity contribution in [2.75, 3.05) is 32.1 Å². The van der Waals surface area contributed by atoms with Gasteiger partial charge in [-0.3, -0.25) is 9.59 Å². The number of nitrogens with one attached hydrogen (secondary N) is 1. The van der Waals surface area contributed by atoms with Gasteiger partial charge >= 0.3 is 0 Å². The molecule has 0 fully saturated rings. The molecule has 0 spiro atoms. The Labute approximate surface area is 127 Å². The second-order valence-corrected chi connectivity index (χ2v) is 4.48. The van der Waals surface area contributed by atoms with Gasteiger partial charge < -0.3 is 23.9 Å². The summed E-state index contributed by atoms with van der Waals surface area (Å²) in [5.74, 6) is -0.235. The number of methoxy groups -OCH3 is 1. The van der Waals surface area contributed by atoms with Gasteiger partial charge in [0.2, 0.25) is 5.91 Å². The molecule has 0 saturated carbocycles. The lowest BCUT2D eigenvalue weighted by Gasteiger charge is -2.20. The van der Waals surface area contributed by atoms with Gasteiger partial charge in [0.25, 0.3) is 5.91 Å². The fourth-order valence-electron chi connectivity index (χ4n) is 1.84. The number of amides is 2. The minimum atomic E-state index is -0.369. The highest BCUT2D eigenvalue weighted by Crippen LogP contribution is 2.08. The first-order chi connectivity index (χ1) is 10.7. The van der Waals surface area contributed by atoms with Crippen molar-refractivity contribution in [3.63, 3.8) is 0 Å². The quantitative estimate of drug-likeness (QED) is 0.740. The van der Waals surface area contributed by atoms with Crippen molar-refractivity contribution in [2.24, 2.45) is 0 Å². The molecule has 8 nitrogen and oxygen atoms in total. The molecule has 0 saturated heterocycles. The lowest BCUT2D eigenvalue weighted by Crippen LogP contribution is -2.39. The molecule has 1 N–H and O–H groups in total. The van der Waals surface area contributed by atoms with E-state index in [1.165, 1.54) is 23.5 Å². The van der Waals surface area contributed by atoms with Crippen LogP contribution in [0, 0.1) is 0 Å². The highest BCUT2D eigenvalue weighted by atomic mass is 16.5. The summed E-state index contributed by atoms with van der Waals surface area (Å²) >= 11 is 0. The molecule has 0 aliphatic carbocycles. The van der Waals surface area contributed by atoms with Crippen LogP contribution in [-0.4, -0.2) is 48.7 Å². The molecule has 0 aromatic carbocycles. The highest BCUT2D eigenvalue weighted by molar-refractivity contribution is 5.97. The van der Waals surface area contributed by atoms with Crippen molar-refractivity contribution in [2.45, 2.75) is 6.42 Å². The standard InChI is InChI=1S/C14H17N3O5/c1-20-7-3-6-17(14(19)11-4-2-8-21-11)10-13(18)15-12-5-9-22-16-12/h2,4-5,8-9H,3,6-7,10H2,1H3,(H,15,16,18). The summed E-state index contributed by atoms with van der Waals surface area (Å²) < 4.78 is 14.7. The second kappa shape index (κ2) is 7.99. The number of anilines is 1. The Morgan fingerprint density at radius 2 is 2.23 bits per heavy atom. The van der Waals surface area contributed by atoms with Crippen LogP contribution in [0.3, 0.4) is 0 Å². The number of hydrogen-bond acceptors (Lipinski definition) is 6. The fraction of sp³-hybridized carbons (Fsp3) is 0.357. The maximum atomic E-state index is 12.3. The minimum Gasteiger partial charge on any atom is -0.459 e. The van der Waals surface area contributed by atoms with E-state index in [0.717, 1.165) is 0 Å². The molecule has 0 unspecified atom stereocenters. The Balaban J connectivity index is 1.97. The van der Waals surface area contributed by atoms with Gasteiger partial charge in [0.15, 0.2) is 11.6 Å². The van der Waals surface area contributed by atoms with E-state index in [1.54, 1.807) is 19.2 Å². The van der Waals surface area contributed by atoms with Crippen LogP contribution >= 0.6 is 0 Å². The van der Waals surface area contributed by atoms with Crippen LogP contribution < -0.4 is 5.32 Å². The molecule has 22 heavy (non-hydrogen) atoms. The number of hydrogen-bond donors (Lipinski definition) is 1. The topological polar surface area (TPSA) is 97.8 Å². The number of rotatable bonds is 8. The Morgan fingerprint density at radius 1 is 1.36 bits per heavy atom. The normalized spacial score (nSPS) is 10.4. The van der Waals surface area contributed by atoms with E-state index in [9.17, 15) is 9.59 Å². The van der Waals surface area contributed by atoms with E-state index in [-0.39, 0.29) is 24.1 Å². The molecular formula is C14H17N3O5. The van der Waals surface area contributed by atoms with E-state index < -0.39 is 0 Å². The molecule has 2 amide bonds. The number of carbonyl (C=O) groups is 2. The van der Waals surface area contributed by atoms with Crippen LogP contribution in [0.25, 0.3) is 0 Å². The van der Waals surface area contributed by atoms with Gasteiger partial charge in [-0.1, -0.05) is 5.16 Å². The number of furan rings is 1. The molecule has 118 valence electrons. The number of aromatic nitrogens is 1. The summed E-state index contributed by atoms with van der Waals surface area (Å²) in [5, 5.41) is 6.13. The first kappa shape index (κ1) is 15.8. The molecule has 0 bridgehead atoms. The zero-order chi connectivity index (χ0) is 15.8. The molecule has 0 aliphatic heterocycles. The Kier molecular flexibility index (Phi) is 5.73. The smallest absolute Gasteiger partial charge is 0.290 e. The third-order valence-electron chi connectivity index (χ3n) is 2.84. The average molecular weight is 307 g/mol. The van der Waals surface area contributed by atoms with E-state index in [1.807, 2.05) is 0 Å². The molecule has 0 atom stereocenters. The summed E-state index contributed by atoms with van der Waals surface area (Å²) in [6, 6.07) is 4.69. The van der Waals surface area contributed by atoms with Gasteiger partial charge in [0.1, 0.15) is 12.8 Å². The predicted molar refractivity (Wildman–Crippen MR) is 76.2 cm³/mol. The maximum Gasteiger partial charge on any atom is 0.290 e. The molecule has 2 rings (SSSR count). The molecule has 0 radical (unpaired) electrons. The molecule has 2 heterocycles. The SMILES string of the molecule is COCCCN(CC(=O)Nc1ccon1)C(=O)c1ccco1. The Bertz CT molecular complexity index is 580. The van der Waals surface area contributed by atoms with Gasteiger partial charge in [0.05, 0.1) is 6.26 Å². The van der Waals surface area contributed by atoms with Crippen molar-refractivity contribution in [1.29, 1.82) is 0 Å². The van der Waals surface area contributed by atoms with Crippen LogP contribution in [0.4, 0.5) is 5.82 Å². The van der Waals surface area contributed by atoms with Crippen molar-refractivity contribution < 1.29 is 23.3 Å². The molecule has 0 aliphatic rings. The Morgan fingerprint density at radius 3 is 2.86 bits per heavy atom. The number of nitrogens with zero attached hydrogens (tertiary/aromatic N) is 2. The first-order valence-corrected chi connectivity index (χ1v) is 6.72. The lowest BCUT2D eigenvalue weighted by atomic mass is 10.3. The highest BCUT2D eigenvalue weighted by Gasteiger charge is 2.21. The third-order valence-corrected chi connectivity index (χ3v) is 2.84. The van der Waals surface area contributed by atoms with Gasteiger partial charge in [-0.15, -0.1) is 0 Å². The predicted octanol–water partition coefficient (Wildman–Crippen LogP) is 1.38. The number of ether oxygens (including phenoxy) is 1. The van der Waals surface area contributed by atoms with E-state index >= 15 is 0 Å².